The predicted molar refractivity (Wildman–Crippen MR) is 221 cm³/mol. The van der Waals surface area contributed by atoms with Gasteiger partial charge in [-0.2, -0.15) is 0 Å². The van der Waals surface area contributed by atoms with Crippen LogP contribution in [0.2, 0.25) is 0 Å². The number of nitrogens with two attached hydrogens (primary N) is 1. The minimum absolute atomic E-state index is 0.0270. The van der Waals surface area contributed by atoms with Crippen LogP contribution >= 0.6 is 0 Å². The highest BCUT2D eigenvalue weighted by molar-refractivity contribution is 5.92. The van der Waals surface area contributed by atoms with Gasteiger partial charge in [0.15, 0.2) is 0 Å². The van der Waals surface area contributed by atoms with Crippen LogP contribution in [0.4, 0.5) is 0 Å². The molecule has 336 valence electrons. The predicted octanol–water partition coefficient (Wildman–Crippen LogP) is -0.858. The molecule has 0 aliphatic heterocycles. The average molecular weight is 829 g/mol. The summed E-state index contributed by atoms with van der Waals surface area (Å²) >= 11 is 0. The van der Waals surface area contributed by atoms with Crippen LogP contribution < -0.4 is 5.73 Å². The molecule has 3 unspecified atom stereocenters. The molecule has 0 aromatic carbocycles. The van der Waals surface area contributed by atoms with Crippen molar-refractivity contribution in [3.05, 3.63) is 0 Å². The molecule has 0 saturated carbocycles. The zero-order valence-corrected chi connectivity index (χ0v) is 37.3. The van der Waals surface area contributed by atoms with Gasteiger partial charge in [-0.15, -0.1) is 0 Å². The van der Waals surface area contributed by atoms with Gasteiger partial charge in [-0.3, -0.25) is 38.5 Å². The molecule has 0 rings (SSSR count). The highest BCUT2D eigenvalue weighted by atomic mass is 16.3. The van der Waals surface area contributed by atoms with Crippen LogP contribution in [0.5, 0.6) is 0 Å². The second kappa shape index (κ2) is 27.0. The van der Waals surface area contributed by atoms with Gasteiger partial charge in [0.25, 0.3) is 0 Å². The van der Waals surface area contributed by atoms with E-state index in [1.54, 1.807) is 18.9 Å². The topological polar surface area (TPSA) is 229 Å². The van der Waals surface area contributed by atoms with Gasteiger partial charge >= 0.3 is 0 Å². The lowest BCUT2D eigenvalue weighted by molar-refractivity contribution is -0.149. The van der Waals surface area contributed by atoms with Crippen molar-refractivity contribution in [3.8, 4) is 0 Å². The number of aliphatic hydroxyl groups is 3. The minimum atomic E-state index is -1.04. The van der Waals surface area contributed by atoms with Crippen molar-refractivity contribution in [3.63, 3.8) is 0 Å². The van der Waals surface area contributed by atoms with E-state index < -0.39 is 79.3 Å². The monoisotopic (exact) mass is 829 g/mol. The van der Waals surface area contributed by atoms with Crippen molar-refractivity contribution in [1.82, 2.24) is 34.3 Å². The van der Waals surface area contributed by atoms with Gasteiger partial charge in [-0.25, -0.2) is 0 Å². The van der Waals surface area contributed by atoms with E-state index in [0.717, 1.165) is 9.80 Å². The Morgan fingerprint density at radius 1 is 0.362 bits per heavy atom. The van der Waals surface area contributed by atoms with E-state index in [1.807, 2.05) is 55.4 Å². The molecule has 0 heterocycles. The first-order chi connectivity index (χ1) is 26.7. The fourth-order valence-electron chi connectivity index (χ4n) is 6.28. The number of primary amides is 1. The Morgan fingerprint density at radius 3 is 0.776 bits per heavy atom. The lowest BCUT2D eigenvalue weighted by Crippen LogP contribution is -2.54. The summed E-state index contributed by atoms with van der Waals surface area (Å²) in [6, 6.07) is 0. The van der Waals surface area contributed by atoms with Crippen LogP contribution in [0.3, 0.4) is 0 Å². The summed E-state index contributed by atoms with van der Waals surface area (Å²) in [6.45, 7) is 17.5. The number of nitrogens with zero attached hydrogens (tertiary/aromatic N) is 7. The molecule has 0 aromatic heterocycles. The van der Waals surface area contributed by atoms with Gasteiger partial charge in [-0.05, 0) is 51.5 Å². The molecule has 18 nitrogen and oxygen atoms in total. The molecular weight excluding hydrogens is 752 g/mol. The van der Waals surface area contributed by atoms with E-state index in [2.05, 4.69) is 0 Å². The summed E-state index contributed by atoms with van der Waals surface area (Å²) in [5, 5.41) is 30.1. The van der Waals surface area contributed by atoms with Crippen molar-refractivity contribution in [2.75, 3.05) is 98.7 Å². The molecule has 0 bridgehead atoms. The van der Waals surface area contributed by atoms with Crippen molar-refractivity contribution >= 4 is 41.4 Å². The van der Waals surface area contributed by atoms with Crippen LogP contribution in [-0.2, 0) is 33.6 Å². The summed E-state index contributed by atoms with van der Waals surface area (Å²) in [6.07, 6.45) is -2.72. The van der Waals surface area contributed by atoms with E-state index in [0.29, 0.717) is 0 Å². The summed E-state index contributed by atoms with van der Waals surface area (Å²) in [7, 11) is 1.63. The molecule has 0 aromatic rings. The summed E-state index contributed by atoms with van der Waals surface area (Å²) in [4.78, 5) is 103. The SMILES string of the molecule is CC(C)CN(CC(N)=O)C(=O)CN(CC(C)C)C(=O)CN(CC(C)C)C(=O)CN(CC(C)C)C(=O)CN(CC(C)O)C(=O)CN(CC(C)O)C(=O)CN(C)CC(C)O. The van der Waals surface area contributed by atoms with Gasteiger partial charge in [0, 0.05) is 45.8 Å². The number of rotatable bonds is 28. The van der Waals surface area contributed by atoms with E-state index in [4.69, 9.17) is 5.73 Å². The molecule has 0 spiro atoms. The summed E-state index contributed by atoms with van der Waals surface area (Å²) in [5.74, 6) is -4.02. The van der Waals surface area contributed by atoms with E-state index in [1.165, 1.54) is 33.4 Å². The van der Waals surface area contributed by atoms with Gasteiger partial charge in [0.1, 0.15) is 0 Å². The Morgan fingerprint density at radius 2 is 0.569 bits per heavy atom. The third kappa shape index (κ3) is 23.5. The van der Waals surface area contributed by atoms with Crippen molar-refractivity contribution in [1.29, 1.82) is 0 Å². The summed E-state index contributed by atoms with van der Waals surface area (Å²) in [5.41, 5.74) is 5.40. The maximum absolute atomic E-state index is 14.0. The van der Waals surface area contributed by atoms with Crippen LogP contribution in [0.1, 0.15) is 76.2 Å². The van der Waals surface area contributed by atoms with E-state index in [-0.39, 0.29) is 95.7 Å². The number of carbonyl (C=O) groups is 7. The lowest BCUT2D eigenvalue weighted by atomic mass is 10.1. The Hall–Kier alpha value is -3.87. The van der Waals surface area contributed by atoms with Gasteiger partial charge in [-0.1, -0.05) is 55.4 Å². The smallest absolute Gasteiger partial charge is 0.242 e. The average Bonchev–Trinajstić information content (AvgIpc) is 3.04. The first kappa shape index (κ1) is 54.1. The molecule has 0 aliphatic rings. The van der Waals surface area contributed by atoms with Crippen molar-refractivity contribution in [2.45, 2.75) is 94.5 Å². The number of aliphatic hydroxyl groups excluding tert-OH is 3. The number of amides is 7. The Bertz CT molecular complexity index is 1320. The third-order valence-electron chi connectivity index (χ3n) is 8.39. The quantitative estimate of drug-likeness (QED) is 0.0759. The standard InChI is InChI=1S/C40H76N8O10/c1-27(2)13-43(20-34(41)52)36(54)22-44(14-28(3)4)37(55)23-45(15-29(5)6)38(56)24-46(16-30(7)8)39(57)25-48(19-33(11)51)40(58)26-47(18-32(10)50)35(53)21-42(12)17-31(9)49/h27-33,49-51H,13-26H2,1-12H3,(H2,41,52). The van der Waals surface area contributed by atoms with E-state index >= 15 is 0 Å². The Kier molecular flexibility index (Phi) is 25.2. The fourth-order valence-corrected chi connectivity index (χ4v) is 6.28. The van der Waals surface area contributed by atoms with Crippen LogP contribution in [-0.4, -0.2) is 208 Å². The first-order valence-corrected chi connectivity index (χ1v) is 20.4. The molecule has 58 heavy (non-hydrogen) atoms. The minimum Gasteiger partial charge on any atom is -0.392 e. The largest absolute Gasteiger partial charge is 0.392 e. The second-order valence-corrected chi connectivity index (χ2v) is 17.4. The first-order valence-electron chi connectivity index (χ1n) is 20.4. The van der Waals surface area contributed by atoms with Crippen LogP contribution in [0.25, 0.3) is 0 Å². The van der Waals surface area contributed by atoms with Crippen LogP contribution in [0.15, 0.2) is 0 Å². The Labute approximate surface area is 346 Å². The molecule has 18 heteroatoms. The normalized spacial score (nSPS) is 13.1. The summed E-state index contributed by atoms with van der Waals surface area (Å²) < 4.78 is 0. The molecule has 0 fully saturated rings. The number of hydrogen-bond donors (Lipinski definition) is 4. The lowest BCUT2D eigenvalue weighted by Gasteiger charge is -2.34. The highest BCUT2D eigenvalue weighted by Gasteiger charge is 2.31. The van der Waals surface area contributed by atoms with E-state index in [9.17, 15) is 48.9 Å². The van der Waals surface area contributed by atoms with Gasteiger partial charge in [0.2, 0.25) is 41.4 Å². The maximum Gasteiger partial charge on any atom is 0.242 e. The molecule has 0 saturated heterocycles. The highest BCUT2D eigenvalue weighted by Crippen LogP contribution is 2.10. The maximum atomic E-state index is 14.0. The van der Waals surface area contributed by atoms with Crippen molar-refractivity contribution < 1.29 is 48.9 Å². The molecule has 0 aliphatic carbocycles. The molecule has 7 amide bonds. The molecule has 3 atom stereocenters. The molecule has 5 N–H and O–H groups in total. The van der Waals surface area contributed by atoms with Crippen LogP contribution in [0, 0.1) is 23.7 Å². The molecular formula is C40H76N8O10. The second-order valence-electron chi connectivity index (χ2n) is 17.4. The number of likely N-dealkylation sites (N-methyl/N-ethyl adjacent to an activating group) is 1. The number of hydrogen-bond acceptors (Lipinski definition) is 11. The Balaban J connectivity index is 6.38. The number of carbonyl (C=O) groups excluding carboxylic acids is 7. The van der Waals surface area contributed by atoms with Gasteiger partial charge in [0.05, 0.1) is 64.1 Å². The third-order valence-corrected chi connectivity index (χ3v) is 8.39. The molecule has 0 radical (unpaired) electrons. The van der Waals surface area contributed by atoms with Crippen molar-refractivity contribution in [2.24, 2.45) is 29.4 Å². The zero-order chi connectivity index (χ0) is 45.0. The fraction of sp³-hybridized carbons (Fsp3) is 0.825. The van der Waals surface area contributed by atoms with Gasteiger partial charge < -0.3 is 50.5 Å². The zero-order valence-electron chi connectivity index (χ0n) is 37.3.